The summed E-state index contributed by atoms with van der Waals surface area (Å²) in [5.74, 6) is -0.163. The number of hydrogen-bond donors (Lipinski definition) is 1. The maximum atomic E-state index is 11.4. The Morgan fingerprint density at radius 2 is 2.14 bits per heavy atom. The number of pyridine rings is 1. The molecule has 4 nitrogen and oxygen atoms in total. The molecule has 1 aliphatic rings. The summed E-state index contributed by atoms with van der Waals surface area (Å²) >= 11 is 6.23. The van der Waals surface area contributed by atoms with Crippen LogP contribution in [0, 0.1) is 11.3 Å². The Bertz CT molecular complexity index is 730. The van der Waals surface area contributed by atoms with Gasteiger partial charge in [0.15, 0.2) is 0 Å². The Hall–Kier alpha value is -1.81. The lowest BCUT2D eigenvalue weighted by atomic mass is 9.74. The molecule has 1 saturated heterocycles. The SMILES string of the molecule is CC1(C)CN(c2ccc3cccc(Cl)c3n2)CCC1C(=O)O. The first-order chi connectivity index (χ1) is 10.4. The number of carboxylic acid groups (broad SMARTS) is 1. The summed E-state index contributed by atoms with van der Waals surface area (Å²) in [4.78, 5) is 18.2. The van der Waals surface area contributed by atoms with E-state index in [1.807, 2.05) is 44.2 Å². The fourth-order valence-electron chi connectivity index (χ4n) is 3.29. The predicted octanol–water partition coefficient (Wildman–Crippen LogP) is 3.83. The number of halogens is 1. The van der Waals surface area contributed by atoms with Gasteiger partial charge in [-0.15, -0.1) is 0 Å². The molecular formula is C17H19ClN2O2. The van der Waals surface area contributed by atoms with Crippen molar-refractivity contribution in [1.82, 2.24) is 4.98 Å². The Labute approximate surface area is 134 Å². The predicted molar refractivity (Wildman–Crippen MR) is 88.5 cm³/mol. The summed E-state index contributed by atoms with van der Waals surface area (Å²) in [5, 5.41) is 11.0. The van der Waals surface area contributed by atoms with Gasteiger partial charge >= 0.3 is 5.97 Å². The molecule has 1 aromatic carbocycles. The number of aromatic nitrogens is 1. The second-order valence-electron chi connectivity index (χ2n) is 6.57. The van der Waals surface area contributed by atoms with E-state index in [1.54, 1.807) is 0 Å². The number of aliphatic carboxylic acids is 1. The van der Waals surface area contributed by atoms with Crippen LogP contribution in [0.25, 0.3) is 10.9 Å². The van der Waals surface area contributed by atoms with Gasteiger partial charge in [0.1, 0.15) is 5.82 Å². The second kappa shape index (κ2) is 5.43. The number of para-hydroxylation sites is 1. The molecule has 0 saturated carbocycles. The quantitative estimate of drug-likeness (QED) is 0.914. The summed E-state index contributed by atoms with van der Waals surface area (Å²) in [7, 11) is 0. The van der Waals surface area contributed by atoms with Crippen LogP contribution in [-0.4, -0.2) is 29.1 Å². The highest BCUT2D eigenvalue weighted by molar-refractivity contribution is 6.35. The molecule has 1 fully saturated rings. The molecule has 2 heterocycles. The molecule has 116 valence electrons. The monoisotopic (exact) mass is 318 g/mol. The third kappa shape index (κ3) is 2.63. The topological polar surface area (TPSA) is 53.4 Å². The largest absolute Gasteiger partial charge is 0.481 e. The lowest BCUT2D eigenvalue weighted by Gasteiger charge is -2.42. The van der Waals surface area contributed by atoms with E-state index < -0.39 is 5.97 Å². The van der Waals surface area contributed by atoms with Gasteiger partial charge < -0.3 is 10.0 Å². The van der Waals surface area contributed by atoms with Crippen molar-refractivity contribution >= 4 is 34.3 Å². The number of piperidine rings is 1. The molecule has 0 radical (unpaired) electrons. The molecule has 1 N–H and O–H groups in total. The van der Waals surface area contributed by atoms with Crippen molar-refractivity contribution in [2.45, 2.75) is 20.3 Å². The fourth-order valence-corrected chi connectivity index (χ4v) is 3.51. The summed E-state index contributed by atoms with van der Waals surface area (Å²) in [6.45, 7) is 5.38. The molecule has 22 heavy (non-hydrogen) atoms. The van der Waals surface area contributed by atoms with Gasteiger partial charge in [-0.2, -0.15) is 0 Å². The maximum absolute atomic E-state index is 11.4. The van der Waals surface area contributed by atoms with Crippen LogP contribution in [0.4, 0.5) is 5.82 Å². The molecule has 0 bridgehead atoms. The summed E-state index contributed by atoms with van der Waals surface area (Å²) in [5.41, 5.74) is 0.501. The molecule has 2 aromatic rings. The van der Waals surface area contributed by atoms with Crippen LogP contribution in [0.15, 0.2) is 30.3 Å². The molecule has 1 aliphatic heterocycles. The first kappa shape index (κ1) is 15.1. The average Bonchev–Trinajstić information content (AvgIpc) is 2.46. The van der Waals surface area contributed by atoms with E-state index in [9.17, 15) is 9.90 Å². The van der Waals surface area contributed by atoms with Gasteiger partial charge in [-0.1, -0.05) is 37.6 Å². The molecule has 1 unspecified atom stereocenters. The van der Waals surface area contributed by atoms with Crippen molar-refractivity contribution in [1.29, 1.82) is 0 Å². The van der Waals surface area contributed by atoms with Crippen LogP contribution in [0.1, 0.15) is 20.3 Å². The number of carboxylic acids is 1. The molecular weight excluding hydrogens is 300 g/mol. The van der Waals surface area contributed by atoms with Gasteiger partial charge in [0.2, 0.25) is 0 Å². The first-order valence-electron chi connectivity index (χ1n) is 7.41. The van der Waals surface area contributed by atoms with Crippen LogP contribution < -0.4 is 4.90 Å². The third-order valence-corrected chi connectivity index (χ3v) is 4.81. The van der Waals surface area contributed by atoms with Crippen LogP contribution in [0.2, 0.25) is 5.02 Å². The molecule has 0 amide bonds. The number of rotatable bonds is 2. The van der Waals surface area contributed by atoms with Crippen molar-refractivity contribution in [2.24, 2.45) is 11.3 Å². The summed E-state index contributed by atoms with van der Waals surface area (Å²) in [6, 6.07) is 9.73. The van der Waals surface area contributed by atoms with Crippen molar-refractivity contribution in [3.63, 3.8) is 0 Å². The molecule has 3 rings (SSSR count). The van der Waals surface area contributed by atoms with Crippen LogP contribution in [0.3, 0.4) is 0 Å². The third-order valence-electron chi connectivity index (χ3n) is 4.51. The number of benzene rings is 1. The van der Waals surface area contributed by atoms with Gasteiger partial charge in [-0.3, -0.25) is 4.79 Å². The van der Waals surface area contributed by atoms with Crippen LogP contribution >= 0.6 is 11.6 Å². The highest BCUT2D eigenvalue weighted by Crippen LogP contribution is 2.37. The van der Waals surface area contributed by atoms with Gasteiger partial charge in [-0.05, 0) is 30.0 Å². The number of nitrogens with zero attached hydrogens (tertiary/aromatic N) is 2. The van der Waals surface area contributed by atoms with Gasteiger partial charge in [0.25, 0.3) is 0 Å². The fraction of sp³-hybridized carbons (Fsp3) is 0.412. The van der Waals surface area contributed by atoms with Crippen LogP contribution in [0.5, 0.6) is 0 Å². The number of anilines is 1. The highest BCUT2D eigenvalue weighted by atomic mass is 35.5. The lowest BCUT2D eigenvalue weighted by molar-refractivity contribution is -0.146. The Balaban J connectivity index is 1.92. The van der Waals surface area contributed by atoms with E-state index in [4.69, 9.17) is 11.6 Å². The maximum Gasteiger partial charge on any atom is 0.307 e. The van der Waals surface area contributed by atoms with E-state index in [0.29, 0.717) is 24.5 Å². The molecule has 1 aromatic heterocycles. The van der Waals surface area contributed by atoms with Crippen molar-refractivity contribution in [2.75, 3.05) is 18.0 Å². The number of hydrogen-bond acceptors (Lipinski definition) is 3. The number of carbonyl (C=O) groups is 1. The normalized spacial score (nSPS) is 21.0. The Morgan fingerprint density at radius 3 is 2.82 bits per heavy atom. The van der Waals surface area contributed by atoms with Crippen molar-refractivity contribution in [3.05, 3.63) is 35.4 Å². The van der Waals surface area contributed by atoms with E-state index in [-0.39, 0.29) is 11.3 Å². The van der Waals surface area contributed by atoms with Gasteiger partial charge in [0.05, 0.1) is 16.5 Å². The second-order valence-corrected chi connectivity index (χ2v) is 6.98. The molecule has 1 atom stereocenters. The number of fused-ring (bicyclic) bond motifs is 1. The minimum atomic E-state index is -0.709. The zero-order valence-corrected chi connectivity index (χ0v) is 13.5. The summed E-state index contributed by atoms with van der Waals surface area (Å²) < 4.78 is 0. The van der Waals surface area contributed by atoms with E-state index >= 15 is 0 Å². The molecule has 0 spiro atoms. The summed E-state index contributed by atoms with van der Waals surface area (Å²) in [6.07, 6.45) is 0.630. The van der Waals surface area contributed by atoms with E-state index in [1.165, 1.54) is 0 Å². The Morgan fingerprint density at radius 1 is 1.36 bits per heavy atom. The zero-order valence-electron chi connectivity index (χ0n) is 12.7. The smallest absolute Gasteiger partial charge is 0.307 e. The lowest BCUT2D eigenvalue weighted by Crippen LogP contribution is -2.48. The van der Waals surface area contributed by atoms with E-state index in [2.05, 4.69) is 9.88 Å². The molecule has 5 heteroatoms. The van der Waals surface area contributed by atoms with Gasteiger partial charge in [-0.25, -0.2) is 4.98 Å². The first-order valence-corrected chi connectivity index (χ1v) is 7.79. The zero-order chi connectivity index (χ0) is 15.9. The van der Waals surface area contributed by atoms with E-state index in [0.717, 1.165) is 16.7 Å². The minimum absolute atomic E-state index is 0.290. The van der Waals surface area contributed by atoms with Crippen molar-refractivity contribution in [3.8, 4) is 0 Å². The average molecular weight is 319 g/mol. The minimum Gasteiger partial charge on any atom is -0.481 e. The van der Waals surface area contributed by atoms with Gasteiger partial charge in [0, 0.05) is 18.5 Å². The standard InChI is InChI=1S/C17H19ClN2O2/c1-17(2)10-20(9-8-12(17)16(21)22)14-7-6-11-4-3-5-13(18)15(11)19-14/h3-7,12H,8-10H2,1-2H3,(H,21,22). The Kier molecular flexibility index (Phi) is 3.73. The van der Waals surface area contributed by atoms with Crippen molar-refractivity contribution < 1.29 is 9.90 Å². The highest BCUT2D eigenvalue weighted by Gasteiger charge is 2.40. The molecule has 0 aliphatic carbocycles. The van der Waals surface area contributed by atoms with Crippen LogP contribution in [-0.2, 0) is 4.79 Å².